The zero-order chi connectivity index (χ0) is 12.3. The Morgan fingerprint density at radius 1 is 1.24 bits per heavy atom. The molecule has 0 aliphatic heterocycles. The van der Waals surface area contributed by atoms with Crippen LogP contribution in [0.5, 0.6) is 0 Å². The summed E-state index contributed by atoms with van der Waals surface area (Å²) in [6.07, 6.45) is 5.26. The fourth-order valence-corrected chi connectivity index (χ4v) is 3.05. The lowest BCUT2D eigenvalue weighted by molar-refractivity contribution is -0.0480. The van der Waals surface area contributed by atoms with Crippen molar-refractivity contribution in [3.05, 3.63) is 35.9 Å². The summed E-state index contributed by atoms with van der Waals surface area (Å²) < 4.78 is 0. The van der Waals surface area contributed by atoms with Gasteiger partial charge in [-0.2, -0.15) is 0 Å². The molecule has 94 valence electrons. The highest BCUT2D eigenvalue weighted by atomic mass is 16.3. The van der Waals surface area contributed by atoms with Crippen LogP contribution in [-0.2, 0) is 0 Å². The molecular formula is C16H24O. The van der Waals surface area contributed by atoms with Crippen LogP contribution in [0.15, 0.2) is 30.3 Å². The molecule has 17 heavy (non-hydrogen) atoms. The Morgan fingerprint density at radius 3 is 2.35 bits per heavy atom. The van der Waals surface area contributed by atoms with E-state index in [1.165, 1.54) is 5.56 Å². The first-order valence-electron chi connectivity index (χ1n) is 6.93. The summed E-state index contributed by atoms with van der Waals surface area (Å²) >= 11 is 0. The fraction of sp³-hybridized carbons (Fsp3) is 0.625. The maximum Gasteiger partial charge on any atom is 0.0673 e. The standard InChI is InChI=1S/C16H24O/c1-3-13(2)16(17)11-9-15(10-12-16)14-7-5-4-6-8-14/h4-8,13,15,17H,3,9-12H2,1-2H3. The lowest BCUT2D eigenvalue weighted by Gasteiger charge is -2.40. The van der Waals surface area contributed by atoms with Crippen molar-refractivity contribution in [2.45, 2.75) is 57.5 Å². The maximum atomic E-state index is 10.6. The van der Waals surface area contributed by atoms with Gasteiger partial charge in [0.2, 0.25) is 0 Å². The number of aliphatic hydroxyl groups is 1. The second kappa shape index (κ2) is 5.22. The molecule has 1 N–H and O–H groups in total. The van der Waals surface area contributed by atoms with E-state index in [-0.39, 0.29) is 0 Å². The van der Waals surface area contributed by atoms with Crippen LogP contribution in [0, 0.1) is 5.92 Å². The van der Waals surface area contributed by atoms with Crippen molar-refractivity contribution in [2.24, 2.45) is 5.92 Å². The number of benzene rings is 1. The van der Waals surface area contributed by atoms with Gasteiger partial charge >= 0.3 is 0 Å². The van der Waals surface area contributed by atoms with Gasteiger partial charge in [0.1, 0.15) is 0 Å². The lowest BCUT2D eigenvalue weighted by atomic mass is 9.70. The smallest absolute Gasteiger partial charge is 0.0673 e. The van der Waals surface area contributed by atoms with Crippen molar-refractivity contribution in [1.82, 2.24) is 0 Å². The Morgan fingerprint density at radius 2 is 1.82 bits per heavy atom. The van der Waals surface area contributed by atoms with Crippen molar-refractivity contribution in [3.8, 4) is 0 Å². The summed E-state index contributed by atoms with van der Waals surface area (Å²) in [5, 5.41) is 10.6. The quantitative estimate of drug-likeness (QED) is 0.831. The molecule has 1 atom stereocenters. The van der Waals surface area contributed by atoms with Crippen LogP contribution < -0.4 is 0 Å². The van der Waals surface area contributed by atoms with E-state index in [9.17, 15) is 5.11 Å². The van der Waals surface area contributed by atoms with Gasteiger partial charge in [0, 0.05) is 0 Å². The maximum absolute atomic E-state index is 10.6. The first-order valence-corrected chi connectivity index (χ1v) is 6.93. The van der Waals surface area contributed by atoms with Gasteiger partial charge < -0.3 is 5.11 Å². The summed E-state index contributed by atoms with van der Waals surface area (Å²) in [6.45, 7) is 4.36. The minimum Gasteiger partial charge on any atom is -0.390 e. The minimum atomic E-state index is -0.403. The van der Waals surface area contributed by atoms with Gasteiger partial charge in [-0.05, 0) is 43.1 Å². The molecule has 2 rings (SSSR count). The zero-order valence-corrected chi connectivity index (χ0v) is 11.0. The number of hydrogen-bond donors (Lipinski definition) is 1. The molecular weight excluding hydrogens is 208 g/mol. The molecule has 1 aliphatic rings. The average molecular weight is 232 g/mol. The van der Waals surface area contributed by atoms with E-state index < -0.39 is 5.60 Å². The third kappa shape index (κ3) is 2.71. The molecule has 0 saturated heterocycles. The largest absolute Gasteiger partial charge is 0.390 e. The van der Waals surface area contributed by atoms with E-state index in [0.717, 1.165) is 32.1 Å². The third-order valence-corrected chi connectivity index (χ3v) is 4.65. The monoisotopic (exact) mass is 232 g/mol. The molecule has 0 aromatic heterocycles. The Bertz CT molecular complexity index is 336. The summed E-state index contributed by atoms with van der Waals surface area (Å²) in [4.78, 5) is 0. The molecule has 0 bridgehead atoms. The zero-order valence-electron chi connectivity index (χ0n) is 11.0. The third-order valence-electron chi connectivity index (χ3n) is 4.65. The molecule has 0 spiro atoms. The molecule has 1 aromatic rings. The summed E-state index contributed by atoms with van der Waals surface area (Å²) in [5.74, 6) is 1.08. The SMILES string of the molecule is CCC(C)C1(O)CCC(c2ccccc2)CC1. The summed E-state index contributed by atoms with van der Waals surface area (Å²) in [6, 6.07) is 10.7. The van der Waals surface area contributed by atoms with Crippen molar-refractivity contribution < 1.29 is 5.11 Å². The molecule has 1 nitrogen and oxygen atoms in total. The highest BCUT2D eigenvalue weighted by Gasteiger charge is 2.37. The predicted octanol–water partition coefficient (Wildman–Crippen LogP) is 4.12. The van der Waals surface area contributed by atoms with E-state index in [4.69, 9.17) is 0 Å². The van der Waals surface area contributed by atoms with Crippen molar-refractivity contribution in [3.63, 3.8) is 0 Å². The molecule has 1 aromatic carbocycles. The number of hydrogen-bond acceptors (Lipinski definition) is 1. The highest BCUT2D eigenvalue weighted by Crippen LogP contribution is 2.42. The van der Waals surface area contributed by atoms with E-state index in [2.05, 4.69) is 44.2 Å². The van der Waals surface area contributed by atoms with Crippen LogP contribution in [0.4, 0.5) is 0 Å². The predicted molar refractivity (Wildman–Crippen MR) is 72.1 cm³/mol. The van der Waals surface area contributed by atoms with Gasteiger partial charge in [-0.3, -0.25) is 0 Å². The molecule has 1 heteroatoms. The van der Waals surface area contributed by atoms with Crippen LogP contribution in [0.25, 0.3) is 0 Å². The Hall–Kier alpha value is -0.820. The highest BCUT2D eigenvalue weighted by molar-refractivity contribution is 5.20. The van der Waals surface area contributed by atoms with E-state index >= 15 is 0 Å². The van der Waals surface area contributed by atoms with Gasteiger partial charge in [0.05, 0.1) is 5.60 Å². The average Bonchev–Trinajstić information content (AvgIpc) is 2.39. The summed E-state index contributed by atoms with van der Waals surface area (Å²) in [5.41, 5.74) is 1.04. The van der Waals surface area contributed by atoms with E-state index in [1.807, 2.05) is 0 Å². The normalized spacial score (nSPS) is 31.1. The van der Waals surface area contributed by atoms with Crippen molar-refractivity contribution in [2.75, 3.05) is 0 Å². The summed E-state index contributed by atoms with van der Waals surface area (Å²) in [7, 11) is 0. The van der Waals surface area contributed by atoms with Crippen molar-refractivity contribution >= 4 is 0 Å². The first-order chi connectivity index (χ1) is 8.15. The molecule has 1 fully saturated rings. The second-order valence-electron chi connectivity index (χ2n) is 5.60. The van der Waals surface area contributed by atoms with Gasteiger partial charge in [-0.25, -0.2) is 0 Å². The molecule has 0 heterocycles. The molecule has 0 amide bonds. The lowest BCUT2D eigenvalue weighted by Crippen LogP contribution is -2.39. The molecule has 1 unspecified atom stereocenters. The topological polar surface area (TPSA) is 20.2 Å². The van der Waals surface area contributed by atoms with Gasteiger partial charge in [0.15, 0.2) is 0 Å². The Balaban J connectivity index is 1.99. The number of rotatable bonds is 3. The van der Waals surface area contributed by atoms with E-state index in [1.54, 1.807) is 0 Å². The molecule has 1 aliphatic carbocycles. The first kappa shape index (κ1) is 12.6. The van der Waals surface area contributed by atoms with Crippen LogP contribution in [-0.4, -0.2) is 10.7 Å². The minimum absolute atomic E-state index is 0.403. The van der Waals surface area contributed by atoms with Crippen LogP contribution in [0.3, 0.4) is 0 Å². The fourth-order valence-electron chi connectivity index (χ4n) is 3.05. The van der Waals surface area contributed by atoms with E-state index in [0.29, 0.717) is 11.8 Å². The van der Waals surface area contributed by atoms with Crippen LogP contribution in [0.2, 0.25) is 0 Å². The van der Waals surface area contributed by atoms with Crippen LogP contribution >= 0.6 is 0 Å². The molecule has 1 saturated carbocycles. The van der Waals surface area contributed by atoms with Crippen molar-refractivity contribution in [1.29, 1.82) is 0 Å². The second-order valence-corrected chi connectivity index (χ2v) is 5.60. The molecule has 0 radical (unpaired) electrons. The van der Waals surface area contributed by atoms with Gasteiger partial charge in [-0.1, -0.05) is 50.6 Å². The van der Waals surface area contributed by atoms with Crippen LogP contribution in [0.1, 0.15) is 57.4 Å². The Labute approximate surface area is 105 Å². The van der Waals surface area contributed by atoms with Gasteiger partial charge in [0.25, 0.3) is 0 Å². The Kier molecular flexibility index (Phi) is 3.88. The van der Waals surface area contributed by atoms with Gasteiger partial charge in [-0.15, -0.1) is 0 Å².